The molecule has 5 nitrogen and oxygen atoms in total. The van der Waals surface area contributed by atoms with Gasteiger partial charge in [0.2, 0.25) is 11.8 Å². The van der Waals surface area contributed by atoms with Crippen molar-refractivity contribution in [1.29, 1.82) is 0 Å². The summed E-state index contributed by atoms with van der Waals surface area (Å²) in [5.74, 6) is 1.12. The van der Waals surface area contributed by atoms with E-state index in [-0.39, 0.29) is 5.60 Å². The van der Waals surface area contributed by atoms with Crippen molar-refractivity contribution in [2.24, 2.45) is 0 Å². The molecule has 2 aromatic rings. The highest BCUT2D eigenvalue weighted by Gasteiger charge is 2.36. The second kappa shape index (κ2) is 6.25. The second-order valence-corrected chi connectivity index (χ2v) is 6.18. The van der Waals surface area contributed by atoms with E-state index in [0.717, 1.165) is 29.4 Å². The summed E-state index contributed by atoms with van der Waals surface area (Å²) in [5.41, 5.74) is 0.911. The zero-order valence-corrected chi connectivity index (χ0v) is 13.5. The van der Waals surface area contributed by atoms with Crippen LogP contribution < -0.4 is 5.32 Å². The lowest BCUT2D eigenvalue weighted by Gasteiger charge is -2.40. The van der Waals surface area contributed by atoms with Crippen LogP contribution in [0.3, 0.4) is 0 Å². The quantitative estimate of drug-likeness (QED) is 0.865. The lowest BCUT2D eigenvalue weighted by Crippen LogP contribution is -2.47. The van der Waals surface area contributed by atoms with E-state index in [9.17, 15) is 0 Å². The standard InChI is InChI=1S/C15H18BrN3O2/c1-20-15(7-4-8-15)10-17-9-13-18-19-14(21-13)11-5-2-3-6-12(11)16/h2-3,5-6,17H,4,7-10H2,1H3. The Balaban J connectivity index is 1.59. The molecule has 6 heteroatoms. The molecule has 0 radical (unpaired) electrons. The normalized spacial score (nSPS) is 16.7. The molecule has 21 heavy (non-hydrogen) atoms. The van der Waals surface area contributed by atoms with Crippen LogP contribution in [-0.4, -0.2) is 29.5 Å². The molecule has 0 saturated heterocycles. The average Bonchev–Trinajstić information content (AvgIpc) is 2.91. The number of methoxy groups -OCH3 is 1. The maximum Gasteiger partial charge on any atom is 0.248 e. The molecule has 1 heterocycles. The SMILES string of the molecule is COC1(CNCc2nnc(-c3ccccc3Br)o2)CCC1. The highest BCUT2D eigenvalue weighted by molar-refractivity contribution is 9.10. The van der Waals surface area contributed by atoms with Gasteiger partial charge in [0, 0.05) is 18.1 Å². The number of ether oxygens (including phenoxy) is 1. The first-order chi connectivity index (χ1) is 10.2. The highest BCUT2D eigenvalue weighted by Crippen LogP contribution is 2.34. The number of benzene rings is 1. The van der Waals surface area contributed by atoms with Crippen LogP contribution in [0, 0.1) is 0 Å². The molecule has 1 aromatic heterocycles. The molecule has 0 amide bonds. The fourth-order valence-electron chi connectivity index (χ4n) is 2.49. The molecule has 112 valence electrons. The maximum atomic E-state index is 5.70. The van der Waals surface area contributed by atoms with Gasteiger partial charge >= 0.3 is 0 Å². The van der Waals surface area contributed by atoms with Crippen LogP contribution in [0.5, 0.6) is 0 Å². The minimum absolute atomic E-state index is 0.00527. The summed E-state index contributed by atoms with van der Waals surface area (Å²) in [6, 6.07) is 7.80. The highest BCUT2D eigenvalue weighted by atomic mass is 79.9. The van der Waals surface area contributed by atoms with E-state index in [1.54, 1.807) is 7.11 Å². The molecule has 3 rings (SSSR count). The number of nitrogens with one attached hydrogen (secondary N) is 1. The Morgan fingerprint density at radius 1 is 1.33 bits per heavy atom. The van der Waals surface area contributed by atoms with Crippen molar-refractivity contribution >= 4 is 15.9 Å². The maximum absolute atomic E-state index is 5.70. The van der Waals surface area contributed by atoms with E-state index in [1.165, 1.54) is 6.42 Å². The fraction of sp³-hybridized carbons (Fsp3) is 0.467. The number of hydrogen-bond acceptors (Lipinski definition) is 5. The Morgan fingerprint density at radius 3 is 2.81 bits per heavy atom. The van der Waals surface area contributed by atoms with Crippen LogP contribution in [0.4, 0.5) is 0 Å². The molecular formula is C15H18BrN3O2. The van der Waals surface area contributed by atoms with Crippen LogP contribution in [-0.2, 0) is 11.3 Å². The molecule has 1 aliphatic rings. The lowest BCUT2D eigenvalue weighted by atomic mass is 9.80. The van der Waals surface area contributed by atoms with Crippen LogP contribution in [0.25, 0.3) is 11.5 Å². The van der Waals surface area contributed by atoms with Gasteiger partial charge in [-0.1, -0.05) is 12.1 Å². The van der Waals surface area contributed by atoms with E-state index in [4.69, 9.17) is 9.15 Å². The molecule has 1 fully saturated rings. The predicted molar refractivity (Wildman–Crippen MR) is 82.7 cm³/mol. The van der Waals surface area contributed by atoms with Gasteiger partial charge in [-0.25, -0.2) is 0 Å². The number of hydrogen-bond donors (Lipinski definition) is 1. The largest absolute Gasteiger partial charge is 0.419 e. The monoisotopic (exact) mass is 351 g/mol. The summed E-state index contributed by atoms with van der Waals surface area (Å²) in [6.45, 7) is 1.37. The van der Waals surface area contributed by atoms with E-state index in [1.807, 2.05) is 24.3 Å². The topological polar surface area (TPSA) is 60.2 Å². The smallest absolute Gasteiger partial charge is 0.248 e. The third-order valence-corrected chi connectivity index (χ3v) is 4.68. The van der Waals surface area contributed by atoms with Crippen LogP contribution >= 0.6 is 15.9 Å². The van der Waals surface area contributed by atoms with Crippen LogP contribution in [0.2, 0.25) is 0 Å². The zero-order chi connectivity index (χ0) is 14.7. The van der Waals surface area contributed by atoms with Crippen molar-refractivity contribution in [2.45, 2.75) is 31.4 Å². The molecule has 0 spiro atoms. The van der Waals surface area contributed by atoms with Gasteiger partial charge < -0.3 is 14.5 Å². The Morgan fingerprint density at radius 2 is 2.14 bits per heavy atom. The van der Waals surface area contributed by atoms with E-state index in [0.29, 0.717) is 18.3 Å². The van der Waals surface area contributed by atoms with Crippen LogP contribution in [0.15, 0.2) is 33.2 Å². The van der Waals surface area contributed by atoms with E-state index in [2.05, 4.69) is 31.4 Å². The summed E-state index contributed by atoms with van der Waals surface area (Å²) in [7, 11) is 1.78. The van der Waals surface area contributed by atoms with Gasteiger partial charge in [0.1, 0.15) is 0 Å². The summed E-state index contributed by atoms with van der Waals surface area (Å²) in [5, 5.41) is 11.5. The van der Waals surface area contributed by atoms with Crippen molar-refractivity contribution in [3.05, 3.63) is 34.6 Å². The molecule has 0 unspecified atom stereocenters. The number of rotatable bonds is 6. The van der Waals surface area contributed by atoms with E-state index < -0.39 is 0 Å². The molecule has 1 aromatic carbocycles. The number of nitrogens with zero attached hydrogens (tertiary/aromatic N) is 2. The molecule has 0 aliphatic heterocycles. The molecule has 1 aliphatic carbocycles. The Labute approximate surface area is 132 Å². The molecular weight excluding hydrogens is 334 g/mol. The van der Waals surface area contributed by atoms with Gasteiger partial charge in [-0.05, 0) is 47.3 Å². The number of aromatic nitrogens is 2. The molecule has 0 bridgehead atoms. The van der Waals surface area contributed by atoms with Gasteiger partial charge in [-0.3, -0.25) is 0 Å². The molecule has 0 atom stereocenters. The van der Waals surface area contributed by atoms with Crippen molar-refractivity contribution < 1.29 is 9.15 Å². The third-order valence-electron chi connectivity index (χ3n) is 3.99. The Hall–Kier alpha value is -1.24. The second-order valence-electron chi connectivity index (χ2n) is 5.33. The first kappa shape index (κ1) is 14.7. The number of halogens is 1. The van der Waals surface area contributed by atoms with Crippen molar-refractivity contribution in [3.63, 3.8) is 0 Å². The third kappa shape index (κ3) is 3.17. The minimum Gasteiger partial charge on any atom is -0.419 e. The van der Waals surface area contributed by atoms with Crippen molar-refractivity contribution in [3.8, 4) is 11.5 Å². The molecule has 1 saturated carbocycles. The predicted octanol–water partition coefficient (Wildman–Crippen LogP) is 3.16. The van der Waals surface area contributed by atoms with Gasteiger partial charge in [-0.2, -0.15) is 0 Å². The Kier molecular flexibility index (Phi) is 4.37. The summed E-state index contributed by atoms with van der Waals surface area (Å²) in [4.78, 5) is 0. The first-order valence-corrected chi connectivity index (χ1v) is 7.85. The van der Waals surface area contributed by atoms with Crippen LogP contribution in [0.1, 0.15) is 25.2 Å². The first-order valence-electron chi connectivity index (χ1n) is 7.06. The van der Waals surface area contributed by atoms with Gasteiger partial charge in [0.25, 0.3) is 0 Å². The average molecular weight is 352 g/mol. The Bertz CT molecular complexity index is 605. The van der Waals surface area contributed by atoms with E-state index >= 15 is 0 Å². The van der Waals surface area contributed by atoms with Gasteiger partial charge in [0.15, 0.2) is 0 Å². The lowest BCUT2D eigenvalue weighted by molar-refractivity contribution is -0.0697. The summed E-state index contributed by atoms with van der Waals surface area (Å²) < 4.78 is 12.2. The fourth-order valence-corrected chi connectivity index (χ4v) is 2.94. The molecule has 1 N–H and O–H groups in total. The minimum atomic E-state index is 0.00527. The van der Waals surface area contributed by atoms with Gasteiger partial charge in [-0.15, -0.1) is 10.2 Å². The summed E-state index contributed by atoms with van der Waals surface area (Å²) in [6.07, 6.45) is 3.47. The van der Waals surface area contributed by atoms with Crippen molar-refractivity contribution in [1.82, 2.24) is 15.5 Å². The van der Waals surface area contributed by atoms with Gasteiger partial charge in [0.05, 0.1) is 17.7 Å². The zero-order valence-electron chi connectivity index (χ0n) is 11.9. The van der Waals surface area contributed by atoms with Crippen molar-refractivity contribution in [2.75, 3.05) is 13.7 Å². The summed E-state index contributed by atoms with van der Waals surface area (Å²) >= 11 is 3.49.